The van der Waals surface area contributed by atoms with Crippen LogP contribution in [-0.2, 0) is 9.53 Å². The molecular formula is C15H15BrN2O2. The highest BCUT2D eigenvalue weighted by molar-refractivity contribution is 9.10. The predicted octanol–water partition coefficient (Wildman–Crippen LogP) is 3.36. The molecule has 1 N–H and O–H groups in total. The molecule has 2 heterocycles. The van der Waals surface area contributed by atoms with E-state index >= 15 is 0 Å². The molecule has 1 aromatic carbocycles. The van der Waals surface area contributed by atoms with Crippen molar-refractivity contribution in [3.8, 4) is 0 Å². The Morgan fingerprint density at radius 3 is 3.15 bits per heavy atom. The van der Waals surface area contributed by atoms with Crippen LogP contribution in [0.5, 0.6) is 0 Å². The summed E-state index contributed by atoms with van der Waals surface area (Å²) < 4.78 is 6.30. The number of halogens is 1. The van der Waals surface area contributed by atoms with Crippen molar-refractivity contribution in [2.75, 3.05) is 18.5 Å². The van der Waals surface area contributed by atoms with Gasteiger partial charge in [0.15, 0.2) is 0 Å². The maximum atomic E-state index is 12.1. The number of fused-ring (bicyclic) bond motifs is 1. The zero-order chi connectivity index (χ0) is 13.9. The zero-order valence-corrected chi connectivity index (χ0v) is 12.5. The SMILES string of the molecule is O=C(CC1CCOC1)Nc1nccc2cc(Br)ccc12. The number of aromatic nitrogens is 1. The topological polar surface area (TPSA) is 51.2 Å². The van der Waals surface area contributed by atoms with Crippen molar-refractivity contribution in [1.29, 1.82) is 0 Å². The number of amides is 1. The largest absolute Gasteiger partial charge is 0.381 e. The molecule has 1 aliphatic rings. The van der Waals surface area contributed by atoms with Crippen LogP contribution in [0.2, 0.25) is 0 Å². The molecule has 0 bridgehead atoms. The van der Waals surface area contributed by atoms with Crippen LogP contribution >= 0.6 is 15.9 Å². The third-order valence-corrected chi connectivity index (χ3v) is 3.98. The first-order chi connectivity index (χ1) is 9.72. The van der Waals surface area contributed by atoms with Gasteiger partial charge in [0.05, 0.1) is 0 Å². The first-order valence-corrected chi connectivity index (χ1v) is 7.43. The Balaban J connectivity index is 1.78. The summed E-state index contributed by atoms with van der Waals surface area (Å²) in [6, 6.07) is 7.85. The smallest absolute Gasteiger partial charge is 0.225 e. The van der Waals surface area contributed by atoms with E-state index in [0.717, 1.165) is 28.3 Å². The van der Waals surface area contributed by atoms with Crippen LogP contribution in [0.3, 0.4) is 0 Å². The second-order valence-electron chi connectivity index (χ2n) is 5.01. The van der Waals surface area contributed by atoms with Gasteiger partial charge in [0.2, 0.25) is 5.91 Å². The van der Waals surface area contributed by atoms with Gasteiger partial charge in [0, 0.05) is 35.7 Å². The van der Waals surface area contributed by atoms with Gasteiger partial charge in [-0.2, -0.15) is 0 Å². The predicted molar refractivity (Wildman–Crippen MR) is 81.6 cm³/mol. The van der Waals surface area contributed by atoms with E-state index in [9.17, 15) is 4.79 Å². The summed E-state index contributed by atoms with van der Waals surface area (Å²) in [5.41, 5.74) is 0. The summed E-state index contributed by atoms with van der Waals surface area (Å²) >= 11 is 3.44. The maximum absolute atomic E-state index is 12.1. The second-order valence-corrected chi connectivity index (χ2v) is 5.92. The number of nitrogens with one attached hydrogen (secondary N) is 1. The lowest BCUT2D eigenvalue weighted by Crippen LogP contribution is -2.17. The van der Waals surface area contributed by atoms with Crippen molar-refractivity contribution in [3.63, 3.8) is 0 Å². The molecule has 2 aromatic rings. The van der Waals surface area contributed by atoms with Crippen LogP contribution < -0.4 is 5.32 Å². The Morgan fingerprint density at radius 1 is 1.45 bits per heavy atom. The van der Waals surface area contributed by atoms with E-state index in [1.165, 1.54) is 0 Å². The molecule has 0 saturated carbocycles. The molecule has 4 nitrogen and oxygen atoms in total. The number of hydrogen-bond donors (Lipinski definition) is 1. The Hall–Kier alpha value is -1.46. The minimum Gasteiger partial charge on any atom is -0.381 e. The number of nitrogens with zero attached hydrogens (tertiary/aromatic N) is 1. The molecule has 0 spiro atoms. The lowest BCUT2D eigenvalue weighted by atomic mass is 10.0. The average molecular weight is 335 g/mol. The van der Waals surface area contributed by atoms with E-state index in [0.29, 0.717) is 24.8 Å². The molecule has 1 amide bonds. The van der Waals surface area contributed by atoms with Gasteiger partial charge in [-0.3, -0.25) is 4.79 Å². The van der Waals surface area contributed by atoms with Crippen LogP contribution in [0.15, 0.2) is 34.9 Å². The molecule has 1 unspecified atom stereocenters. The van der Waals surface area contributed by atoms with Crippen molar-refractivity contribution < 1.29 is 9.53 Å². The van der Waals surface area contributed by atoms with Crippen molar-refractivity contribution in [2.24, 2.45) is 5.92 Å². The molecule has 5 heteroatoms. The zero-order valence-electron chi connectivity index (χ0n) is 10.9. The van der Waals surface area contributed by atoms with Crippen LogP contribution in [-0.4, -0.2) is 24.1 Å². The Morgan fingerprint density at radius 2 is 2.35 bits per heavy atom. The van der Waals surface area contributed by atoms with Crippen molar-refractivity contribution in [2.45, 2.75) is 12.8 Å². The highest BCUT2D eigenvalue weighted by Gasteiger charge is 2.19. The summed E-state index contributed by atoms with van der Waals surface area (Å²) in [5, 5.41) is 4.91. The molecule has 20 heavy (non-hydrogen) atoms. The highest BCUT2D eigenvalue weighted by Crippen LogP contribution is 2.25. The van der Waals surface area contributed by atoms with E-state index in [1.54, 1.807) is 6.20 Å². The summed E-state index contributed by atoms with van der Waals surface area (Å²) in [4.78, 5) is 16.3. The third kappa shape index (κ3) is 2.99. The molecule has 1 saturated heterocycles. The second kappa shape index (κ2) is 5.89. The normalized spacial score (nSPS) is 18.4. The molecule has 1 atom stereocenters. The van der Waals surface area contributed by atoms with E-state index in [2.05, 4.69) is 26.2 Å². The number of anilines is 1. The van der Waals surface area contributed by atoms with Crippen LogP contribution in [0.1, 0.15) is 12.8 Å². The molecule has 3 rings (SSSR count). The Kier molecular flexibility index (Phi) is 3.98. The van der Waals surface area contributed by atoms with Crippen molar-refractivity contribution in [3.05, 3.63) is 34.9 Å². The molecule has 1 aromatic heterocycles. The van der Waals surface area contributed by atoms with Crippen LogP contribution in [0.4, 0.5) is 5.82 Å². The monoisotopic (exact) mass is 334 g/mol. The standard InChI is InChI=1S/C15H15BrN2O2/c16-12-1-2-13-11(8-12)3-5-17-15(13)18-14(19)7-10-4-6-20-9-10/h1-3,5,8,10H,4,6-7,9H2,(H,17,18,19). The number of ether oxygens (including phenoxy) is 1. The average Bonchev–Trinajstić information content (AvgIpc) is 2.91. The summed E-state index contributed by atoms with van der Waals surface area (Å²) in [5.74, 6) is 0.960. The summed E-state index contributed by atoms with van der Waals surface area (Å²) in [7, 11) is 0. The molecule has 0 aliphatic carbocycles. The quantitative estimate of drug-likeness (QED) is 0.936. The number of hydrogen-bond acceptors (Lipinski definition) is 3. The third-order valence-electron chi connectivity index (χ3n) is 3.48. The number of carbonyl (C=O) groups is 1. The van der Waals surface area contributed by atoms with E-state index in [4.69, 9.17) is 4.74 Å². The molecule has 1 fully saturated rings. The Bertz CT molecular complexity index is 639. The van der Waals surface area contributed by atoms with E-state index in [1.807, 2.05) is 24.3 Å². The van der Waals surface area contributed by atoms with Gasteiger partial charge in [-0.25, -0.2) is 4.98 Å². The van der Waals surface area contributed by atoms with Gasteiger partial charge < -0.3 is 10.1 Å². The van der Waals surface area contributed by atoms with Crippen molar-refractivity contribution in [1.82, 2.24) is 4.98 Å². The van der Waals surface area contributed by atoms with E-state index < -0.39 is 0 Å². The van der Waals surface area contributed by atoms with Gasteiger partial charge in [-0.1, -0.05) is 15.9 Å². The van der Waals surface area contributed by atoms with Crippen LogP contribution in [0, 0.1) is 5.92 Å². The summed E-state index contributed by atoms with van der Waals surface area (Å²) in [6.07, 6.45) is 3.17. The molecular weight excluding hydrogens is 320 g/mol. The fourth-order valence-electron chi connectivity index (χ4n) is 2.44. The van der Waals surface area contributed by atoms with Gasteiger partial charge in [0.1, 0.15) is 5.82 Å². The van der Waals surface area contributed by atoms with Gasteiger partial charge in [0.25, 0.3) is 0 Å². The molecule has 0 radical (unpaired) electrons. The fraction of sp³-hybridized carbons (Fsp3) is 0.333. The van der Waals surface area contributed by atoms with Crippen molar-refractivity contribution >= 4 is 38.4 Å². The first kappa shape index (κ1) is 13.5. The minimum absolute atomic E-state index is 0.00317. The number of pyridine rings is 1. The first-order valence-electron chi connectivity index (χ1n) is 6.64. The lowest BCUT2D eigenvalue weighted by molar-refractivity contribution is -0.117. The van der Waals surface area contributed by atoms with E-state index in [-0.39, 0.29) is 5.91 Å². The fourth-order valence-corrected chi connectivity index (χ4v) is 2.82. The number of carbonyl (C=O) groups excluding carboxylic acids is 1. The lowest BCUT2D eigenvalue weighted by Gasteiger charge is -2.10. The minimum atomic E-state index is 0.00317. The van der Waals surface area contributed by atoms with Crippen LogP contribution in [0.25, 0.3) is 10.8 Å². The maximum Gasteiger partial charge on any atom is 0.225 e. The molecule has 1 aliphatic heterocycles. The van der Waals surface area contributed by atoms with Gasteiger partial charge in [-0.05, 0) is 42.0 Å². The highest BCUT2D eigenvalue weighted by atomic mass is 79.9. The van der Waals surface area contributed by atoms with Gasteiger partial charge in [-0.15, -0.1) is 0 Å². The number of rotatable bonds is 3. The summed E-state index contributed by atoms with van der Waals surface area (Å²) in [6.45, 7) is 1.45. The van der Waals surface area contributed by atoms with Gasteiger partial charge >= 0.3 is 0 Å². The Labute approximate surface area is 125 Å². The number of benzene rings is 1. The molecule has 104 valence electrons.